The molecular weight excluding hydrogens is 310 g/mol. The monoisotopic (exact) mass is 325 g/mol. The molecule has 1 heterocycles. The van der Waals surface area contributed by atoms with Gasteiger partial charge in [-0.2, -0.15) is 0 Å². The highest BCUT2D eigenvalue weighted by Crippen LogP contribution is 2.31. The zero-order valence-corrected chi connectivity index (χ0v) is 13.0. The van der Waals surface area contributed by atoms with E-state index < -0.39 is 17.7 Å². The molecule has 0 N–H and O–H groups in total. The average Bonchev–Trinajstić information content (AvgIpc) is 2.35. The highest BCUT2D eigenvalue weighted by Gasteiger charge is 2.32. The first-order chi connectivity index (χ1) is 10.2. The number of benzene rings is 1. The summed E-state index contributed by atoms with van der Waals surface area (Å²) < 4.78 is 10.6. The van der Waals surface area contributed by atoms with Crippen molar-refractivity contribution in [3.63, 3.8) is 0 Å². The van der Waals surface area contributed by atoms with Gasteiger partial charge in [-0.25, -0.2) is 4.79 Å². The Kier molecular flexibility index (Phi) is 4.71. The summed E-state index contributed by atoms with van der Waals surface area (Å²) in [7, 11) is 0. The maximum atomic E-state index is 11.5. The second kappa shape index (κ2) is 6.36. The molecule has 1 aromatic carbocycles. The fraction of sp³-hybridized carbons (Fsp3) is 0.400. The van der Waals surface area contributed by atoms with E-state index in [4.69, 9.17) is 21.1 Å². The van der Waals surface area contributed by atoms with Gasteiger partial charge in [0.1, 0.15) is 5.76 Å². The lowest BCUT2D eigenvalue weighted by molar-refractivity contribution is -0.483. The smallest absolute Gasteiger partial charge is 0.337 e. The Balaban J connectivity index is 2.21. The van der Waals surface area contributed by atoms with E-state index in [0.717, 1.165) is 5.56 Å². The first-order valence-electron chi connectivity index (χ1n) is 6.75. The van der Waals surface area contributed by atoms with Crippen LogP contribution in [0, 0.1) is 10.1 Å². The standard InChI is InChI=1S/C15H16ClNO5/c1-15(2)21-13(8-14(18)22-15)7-11(9-17(19)20)10-3-5-12(16)6-4-10/h3-6,8,11H,7,9H2,1-2H3. The van der Waals surface area contributed by atoms with Gasteiger partial charge in [0.2, 0.25) is 12.3 Å². The van der Waals surface area contributed by atoms with E-state index in [9.17, 15) is 14.9 Å². The maximum absolute atomic E-state index is 11.5. The third-order valence-electron chi connectivity index (χ3n) is 3.16. The van der Waals surface area contributed by atoms with Gasteiger partial charge in [-0.15, -0.1) is 0 Å². The topological polar surface area (TPSA) is 78.7 Å². The summed E-state index contributed by atoms with van der Waals surface area (Å²) in [6.07, 6.45) is 1.47. The van der Waals surface area contributed by atoms with Crippen molar-refractivity contribution in [2.24, 2.45) is 0 Å². The van der Waals surface area contributed by atoms with E-state index in [1.165, 1.54) is 6.08 Å². The van der Waals surface area contributed by atoms with Crippen LogP contribution in [0.5, 0.6) is 0 Å². The molecule has 7 heteroatoms. The van der Waals surface area contributed by atoms with Crippen molar-refractivity contribution in [2.45, 2.75) is 32.0 Å². The molecule has 1 aliphatic heterocycles. The average molecular weight is 326 g/mol. The molecule has 1 atom stereocenters. The van der Waals surface area contributed by atoms with Crippen LogP contribution in [0.2, 0.25) is 5.02 Å². The number of nitro groups is 1. The lowest BCUT2D eigenvalue weighted by Gasteiger charge is -2.31. The first kappa shape index (κ1) is 16.3. The molecule has 0 amide bonds. The Morgan fingerprint density at radius 1 is 1.27 bits per heavy atom. The van der Waals surface area contributed by atoms with E-state index in [1.807, 2.05) is 0 Å². The van der Waals surface area contributed by atoms with Crippen LogP contribution in [-0.2, 0) is 14.3 Å². The van der Waals surface area contributed by atoms with Crippen LogP contribution in [-0.4, -0.2) is 23.2 Å². The van der Waals surface area contributed by atoms with Gasteiger partial charge in [0, 0.05) is 30.2 Å². The van der Waals surface area contributed by atoms with Crippen molar-refractivity contribution in [3.05, 3.63) is 56.8 Å². The van der Waals surface area contributed by atoms with Gasteiger partial charge >= 0.3 is 5.97 Å². The molecule has 0 bridgehead atoms. The molecule has 6 nitrogen and oxygen atoms in total. The molecular formula is C15H16ClNO5. The zero-order valence-electron chi connectivity index (χ0n) is 12.2. The molecule has 0 saturated heterocycles. The van der Waals surface area contributed by atoms with Crippen LogP contribution in [0.25, 0.3) is 0 Å². The Hall–Kier alpha value is -2.08. The number of nitrogens with zero attached hydrogens (tertiary/aromatic N) is 1. The number of esters is 1. The van der Waals surface area contributed by atoms with Crippen LogP contribution in [0.4, 0.5) is 0 Å². The minimum Gasteiger partial charge on any atom is -0.457 e. The van der Waals surface area contributed by atoms with Crippen molar-refractivity contribution in [3.8, 4) is 0 Å². The highest BCUT2D eigenvalue weighted by atomic mass is 35.5. The van der Waals surface area contributed by atoms with Gasteiger partial charge < -0.3 is 9.47 Å². The van der Waals surface area contributed by atoms with Gasteiger partial charge in [0.25, 0.3) is 0 Å². The zero-order chi connectivity index (χ0) is 16.3. The number of carbonyl (C=O) groups excluding carboxylic acids is 1. The second-order valence-electron chi connectivity index (χ2n) is 5.50. The van der Waals surface area contributed by atoms with E-state index in [2.05, 4.69) is 0 Å². The molecule has 0 radical (unpaired) electrons. The molecule has 0 fully saturated rings. The van der Waals surface area contributed by atoms with Crippen LogP contribution >= 0.6 is 11.6 Å². The number of ether oxygens (including phenoxy) is 2. The summed E-state index contributed by atoms with van der Waals surface area (Å²) in [5, 5.41) is 11.5. The Labute approximate surface area is 132 Å². The summed E-state index contributed by atoms with van der Waals surface area (Å²) in [5.74, 6) is -1.62. The summed E-state index contributed by atoms with van der Waals surface area (Å²) in [6.45, 7) is 2.96. The predicted molar refractivity (Wildman–Crippen MR) is 80.0 cm³/mol. The molecule has 118 valence electrons. The van der Waals surface area contributed by atoms with Crippen molar-refractivity contribution in [1.29, 1.82) is 0 Å². The minimum atomic E-state index is -1.07. The molecule has 0 aliphatic carbocycles. The molecule has 1 unspecified atom stereocenters. The molecule has 0 saturated carbocycles. The van der Waals surface area contributed by atoms with Crippen LogP contribution in [0.3, 0.4) is 0 Å². The van der Waals surface area contributed by atoms with Gasteiger partial charge in [-0.05, 0) is 17.7 Å². The highest BCUT2D eigenvalue weighted by molar-refractivity contribution is 6.30. The van der Waals surface area contributed by atoms with Gasteiger partial charge in [-0.1, -0.05) is 23.7 Å². The van der Waals surface area contributed by atoms with E-state index in [1.54, 1.807) is 38.1 Å². The van der Waals surface area contributed by atoms with Gasteiger partial charge in [0.05, 0.1) is 12.0 Å². The van der Waals surface area contributed by atoms with Crippen molar-refractivity contribution in [2.75, 3.05) is 6.54 Å². The number of hydrogen-bond donors (Lipinski definition) is 0. The van der Waals surface area contributed by atoms with Gasteiger partial charge in [-0.3, -0.25) is 10.1 Å². The summed E-state index contributed by atoms with van der Waals surface area (Å²) >= 11 is 5.84. The fourth-order valence-electron chi connectivity index (χ4n) is 2.32. The Morgan fingerprint density at radius 2 is 1.91 bits per heavy atom. The second-order valence-corrected chi connectivity index (χ2v) is 5.94. The molecule has 2 rings (SSSR count). The molecule has 0 aromatic heterocycles. The SMILES string of the molecule is CC1(C)OC(=O)C=C(CC(C[N+](=O)[O-])c2ccc(Cl)cc2)O1. The number of rotatable bonds is 5. The fourth-order valence-corrected chi connectivity index (χ4v) is 2.44. The Bertz CT molecular complexity index is 609. The minimum absolute atomic E-state index is 0.237. The van der Waals surface area contributed by atoms with E-state index in [0.29, 0.717) is 10.8 Å². The largest absolute Gasteiger partial charge is 0.457 e. The Morgan fingerprint density at radius 3 is 2.45 bits per heavy atom. The van der Waals surface area contributed by atoms with Crippen molar-refractivity contribution in [1.82, 2.24) is 0 Å². The summed E-state index contributed by atoms with van der Waals surface area (Å²) in [4.78, 5) is 22.1. The summed E-state index contributed by atoms with van der Waals surface area (Å²) in [5.41, 5.74) is 0.766. The molecule has 1 aliphatic rings. The molecule has 0 spiro atoms. The number of hydrogen-bond acceptors (Lipinski definition) is 5. The first-order valence-corrected chi connectivity index (χ1v) is 7.13. The predicted octanol–water partition coefficient (Wildman–Crippen LogP) is 3.28. The molecule has 22 heavy (non-hydrogen) atoms. The van der Waals surface area contributed by atoms with E-state index in [-0.39, 0.29) is 17.9 Å². The van der Waals surface area contributed by atoms with Crippen molar-refractivity contribution < 1.29 is 19.2 Å². The number of carbonyl (C=O) groups is 1. The number of allylic oxidation sites excluding steroid dienone is 1. The van der Waals surface area contributed by atoms with E-state index >= 15 is 0 Å². The van der Waals surface area contributed by atoms with Crippen LogP contribution in [0.1, 0.15) is 31.7 Å². The third-order valence-corrected chi connectivity index (χ3v) is 3.41. The number of halogens is 1. The van der Waals surface area contributed by atoms with Crippen LogP contribution < -0.4 is 0 Å². The van der Waals surface area contributed by atoms with Crippen LogP contribution in [0.15, 0.2) is 36.1 Å². The third kappa shape index (κ3) is 4.46. The number of cyclic esters (lactones) is 1. The summed E-state index contributed by atoms with van der Waals surface area (Å²) in [6, 6.07) is 6.84. The normalized spacial score (nSPS) is 18.0. The lowest BCUT2D eigenvalue weighted by atomic mass is 9.94. The molecule has 1 aromatic rings. The van der Waals surface area contributed by atoms with Crippen molar-refractivity contribution >= 4 is 17.6 Å². The maximum Gasteiger partial charge on any atom is 0.337 e. The van der Waals surface area contributed by atoms with Gasteiger partial charge in [0.15, 0.2) is 0 Å². The quantitative estimate of drug-likeness (QED) is 0.471. The lowest BCUT2D eigenvalue weighted by Crippen LogP contribution is -2.34.